The highest BCUT2D eigenvalue weighted by Crippen LogP contribution is 2.36. The number of anilines is 1. The van der Waals surface area contributed by atoms with Gasteiger partial charge in [0.05, 0.1) is 17.4 Å². The van der Waals surface area contributed by atoms with Crippen molar-refractivity contribution in [1.29, 1.82) is 0 Å². The molecule has 20 heavy (non-hydrogen) atoms. The van der Waals surface area contributed by atoms with Crippen LogP contribution >= 0.6 is 0 Å². The van der Waals surface area contributed by atoms with Crippen molar-refractivity contribution in [2.75, 3.05) is 12.4 Å². The monoisotopic (exact) mass is 281 g/mol. The van der Waals surface area contributed by atoms with Gasteiger partial charge in [0.15, 0.2) is 0 Å². The van der Waals surface area contributed by atoms with Crippen molar-refractivity contribution >= 4 is 17.5 Å². The molecule has 7 nitrogen and oxygen atoms in total. The molecule has 1 N–H and O–H groups in total. The van der Waals surface area contributed by atoms with Crippen molar-refractivity contribution in [3.63, 3.8) is 0 Å². The van der Waals surface area contributed by atoms with Gasteiger partial charge in [-0.2, -0.15) is 0 Å². The van der Waals surface area contributed by atoms with Crippen molar-refractivity contribution in [3.05, 3.63) is 28.4 Å². The summed E-state index contributed by atoms with van der Waals surface area (Å²) in [5, 5.41) is 14.0. The van der Waals surface area contributed by atoms with E-state index >= 15 is 0 Å². The topological polar surface area (TPSA) is 94.4 Å². The van der Waals surface area contributed by atoms with Gasteiger partial charge in [0.25, 0.3) is 0 Å². The van der Waals surface area contributed by atoms with Crippen LogP contribution in [0.15, 0.2) is 18.3 Å². The van der Waals surface area contributed by atoms with E-state index in [1.54, 1.807) is 27.7 Å². The number of hydrogen-bond donors (Lipinski definition) is 1. The summed E-state index contributed by atoms with van der Waals surface area (Å²) < 4.78 is 4.78. The zero-order valence-corrected chi connectivity index (χ0v) is 12.3. The van der Waals surface area contributed by atoms with Crippen LogP contribution in [0.1, 0.15) is 27.7 Å². The molecule has 0 atom stereocenters. The van der Waals surface area contributed by atoms with Crippen LogP contribution in [-0.4, -0.2) is 28.5 Å². The number of aromatic nitrogens is 1. The molecule has 1 aromatic rings. The van der Waals surface area contributed by atoms with E-state index in [1.165, 1.54) is 25.4 Å². The molecule has 0 radical (unpaired) electrons. The summed E-state index contributed by atoms with van der Waals surface area (Å²) in [5.74, 6) is -0.284. The molecule has 1 rings (SSSR count). The molecule has 0 spiro atoms. The Balaban J connectivity index is 3.14. The molecule has 0 aliphatic heterocycles. The highest BCUT2D eigenvalue weighted by molar-refractivity contribution is 5.78. The van der Waals surface area contributed by atoms with E-state index in [9.17, 15) is 14.9 Å². The van der Waals surface area contributed by atoms with E-state index in [2.05, 4.69) is 10.3 Å². The zero-order chi connectivity index (χ0) is 15.6. The third-order valence-electron chi connectivity index (χ3n) is 3.67. The molecule has 0 aromatic carbocycles. The number of pyridine rings is 1. The average Bonchev–Trinajstić information content (AvgIpc) is 2.37. The normalized spacial score (nSPS) is 11.8. The largest absolute Gasteiger partial charge is 0.469 e. The fourth-order valence-corrected chi connectivity index (χ4v) is 1.60. The third kappa shape index (κ3) is 2.87. The second kappa shape index (κ2) is 5.44. The Morgan fingerprint density at radius 3 is 2.50 bits per heavy atom. The summed E-state index contributed by atoms with van der Waals surface area (Å²) in [4.78, 5) is 26.3. The van der Waals surface area contributed by atoms with Gasteiger partial charge < -0.3 is 10.1 Å². The summed E-state index contributed by atoms with van der Waals surface area (Å²) in [5.41, 5.74) is -1.83. The molecule has 0 fully saturated rings. The number of methoxy groups -OCH3 is 1. The first-order chi connectivity index (χ1) is 9.13. The lowest BCUT2D eigenvalue weighted by Crippen LogP contribution is -2.51. The molecule has 1 heterocycles. The second-order valence-electron chi connectivity index (χ2n) is 5.49. The lowest BCUT2D eigenvalue weighted by atomic mass is 9.74. The first-order valence-electron chi connectivity index (χ1n) is 6.09. The molecular weight excluding hydrogens is 262 g/mol. The fourth-order valence-electron chi connectivity index (χ4n) is 1.60. The highest BCUT2D eigenvalue weighted by atomic mass is 16.6. The van der Waals surface area contributed by atoms with Gasteiger partial charge in [0, 0.05) is 17.8 Å². The Bertz CT molecular complexity index is 526. The number of esters is 1. The van der Waals surface area contributed by atoms with E-state index in [1.807, 2.05) is 0 Å². The molecule has 0 aliphatic carbocycles. The number of carbonyl (C=O) groups excluding carboxylic acids is 1. The molecule has 1 aromatic heterocycles. The SMILES string of the molecule is COC(=O)C(C)(C)C(C)(C)Nc1ncccc1[N+](=O)[O-]. The van der Waals surface area contributed by atoms with Crippen LogP contribution in [-0.2, 0) is 9.53 Å². The molecule has 0 amide bonds. The molecule has 7 heteroatoms. The molecule has 110 valence electrons. The lowest BCUT2D eigenvalue weighted by molar-refractivity contribution is -0.384. The minimum Gasteiger partial charge on any atom is -0.469 e. The van der Waals surface area contributed by atoms with Crippen LogP contribution in [0.25, 0.3) is 0 Å². The first-order valence-corrected chi connectivity index (χ1v) is 6.09. The molecule has 0 aliphatic rings. The van der Waals surface area contributed by atoms with Crippen molar-refractivity contribution in [3.8, 4) is 0 Å². The maximum absolute atomic E-state index is 11.9. The summed E-state index contributed by atoms with van der Waals surface area (Å²) in [6, 6.07) is 2.85. The standard InChI is InChI=1S/C13H19N3O4/c1-12(2,11(17)20-5)13(3,4)15-10-9(16(18)19)7-6-8-14-10/h6-8H,1-5H3,(H,14,15). The van der Waals surface area contributed by atoms with E-state index in [4.69, 9.17) is 4.74 Å². The van der Waals surface area contributed by atoms with E-state index in [0.29, 0.717) is 0 Å². The summed E-state index contributed by atoms with van der Waals surface area (Å²) in [6.45, 7) is 6.95. The molecule has 0 unspecified atom stereocenters. The van der Waals surface area contributed by atoms with Crippen molar-refractivity contribution in [2.24, 2.45) is 5.41 Å². The van der Waals surface area contributed by atoms with Gasteiger partial charge in [-0.25, -0.2) is 4.98 Å². The maximum atomic E-state index is 11.9. The van der Waals surface area contributed by atoms with Crippen LogP contribution < -0.4 is 5.32 Å². The number of ether oxygens (including phenoxy) is 1. The van der Waals surface area contributed by atoms with Crippen LogP contribution in [0.2, 0.25) is 0 Å². The number of rotatable bonds is 5. The van der Waals surface area contributed by atoms with Crippen molar-refractivity contribution in [2.45, 2.75) is 33.2 Å². The zero-order valence-electron chi connectivity index (χ0n) is 12.3. The van der Waals surface area contributed by atoms with Gasteiger partial charge in [-0.05, 0) is 33.8 Å². The van der Waals surface area contributed by atoms with Crippen LogP contribution in [0.3, 0.4) is 0 Å². The summed E-state index contributed by atoms with van der Waals surface area (Å²) in [7, 11) is 1.31. The molecular formula is C13H19N3O4. The van der Waals surface area contributed by atoms with Gasteiger partial charge >= 0.3 is 11.7 Å². The van der Waals surface area contributed by atoms with Crippen LogP contribution in [0.5, 0.6) is 0 Å². The summed E-state index contributed by atoms with van der Waals surface area (Å²) in [6.07, 6.45) is 1.45. The Morgan fingerprint density at radius 1 is 1.40 bits per heavy atom. The van der Waals surface area contributed by atoms with Gasteiger partial charge in [-0.15, -0.1) is 0 Å². The number of nitro groups is 1. The quantitative estimate of drug-likeness (QED) is 0.506. The van der Waals surface area contributed by atoms with Gasteiger partial charge in [-0.3, -0.25) is 14.9 Å². The molecule has 0 bridgehead atoms. The van der Waals surface area contributed by atoms with Crippen molar-refractivity contribution < 1.29 is 14.5 Å². The fraction of sp³-hybridized carbons (Fsp3) is 0.538. The Kier molecular flexibility index (Phi) is 4.32. The molecule has 0 saturated carbocycles. The predicted molar refractivity (Wildman–Crippen MR) is 74.4 cm³/mol. The van der Waals surface area contributed by atoms with Crippen LogP contribution in [0, 0.1) is 15.5 Å². The molecule has 0 saturated heterocycles. The van der Waals surface area contributed by atoms with Gasteiger partial charge in [0.2, 0.25) is 5.82 Å². The number of nitrogens with one attached hydrogen (secondary N) is 1. The Hall–Kier alpha value is -2.18. The minimum absolute atomic E-state index is 0.125. The predicted octanol–water partition coefficient (Wildman–Crippen LogP) is 2.38. The Morgan fingerprint density at radius 2 is 2.00 bits per heavy atom. The smallest absolute Gasteiger partial charge is 0.313 e. The average molecular weight is 281 g/mol. The van der Waals surface area contributed by atoms with Crippen LogP contribution in [0.4, 0.5) is 11.5 Å². The van der Waals surface area contributed by atoms with E-state index in [0.717, 1.165) is 0 Å². The second-order valence-corrected chi connectivity index (χ2v) is 5.49. The summed E-state index contributed by atoms with van der Waals surface area (Å²) >= 11 is 0. The number of nitrogens with zero attached hydrogens (tertiary/aromatic N) is 2. The van der Waals surface area contributed by atoms with Crippen molar-refractivity contribution in [1.82, 2.24) is 4.98 Å². The first kappa shape index (κ1) is 15.9. The number of hydrogen-bond acceptors (Lipinski definition) is 6. The Labute approximate surface area is 117 Å². The van der Waals surface area contributed by atoms with Gasteiger partial charge in [-0.1, -0.05) is 0 Å². The number of carbonyl (C=O) groups is 1. The lowest BCUT2D eigenvalue weighted by Gasteiger charge is -2.39. The van der Waals surface area contributed by atoms with E-state index < -0.39 is 21.8 Å². The minimum atomic E-state index is -0.896. The third-order valence-corrected chi connectivity index (χ3v) is 3.67. The van der Waals surface area contributed by atoms with Gasteiger partial charge in [0.1, 0.15) is 0 Å². The highest BCUT2D eigenvalue weighted by Gasteiger charge is 2.45. The van der Waals surface area contributed by atoms with E-state index in [-0.39, 0.29) is 11.5 Å². The maximum Gasteiger partial charge on any atom is 0.313 e.